The Kier molecular flexibility index (Phi) is 5.01. The van der Waals surface area contributed by atoms with E-state index in [4.69, 9.17) is 4.74 Å². The largest absolute Gasteiger partial charge is 0.492 e. The number of likely N-dealkylation sites (N-methyl/N-ethyl adjacent to an activating group) is 1. The molecule has 1 aromatic rings. The second-order valence-electron chi connectivity index (χ2n) is 5.52. The molecule has 2 nitrogen and oxygen atoms in total. The Morgan fingerprint density at radius 1 is 1.24 bits per heavy atom. The third kappa shape index (κ3) is 4.39. The summed E-state index contributed by atoms with van der Waals surface area (Å²) in [6.45, 7) is 12.6. The summed E-state index contributed by atoms with van der Waals surface area (Å²) in [6.07, 6.45) is 0. The third-order valence-electron chi connectivity index (χ3n) is 2.74. The predicted molar refractivity (Wildman–Crippen MR) is 73.8 cm³/mol. The highest BCUT2D eigenvalue weighted by molar-refractivity contribution is 5.38. The van der Waals surface area contributed by atoms with Crippen LogP contribution < -0.4 is 10.1 Å². The zero-order chi connectivity index (χ0) is 12.9. The van der Waals surface area contributed by atoms with Crippen molar-refractivity contribution in [2.75, 3.05) is 13.2 Å². The lowest BCUT2D eigenvalue weighted by Gasteiger charge is -2.23. The smallest absolute Gasteiger partial charge is 0.123 e. The highest BCUT2D eigenvalue weighted by Gasteiger charge is 2.18. The van der Waals surface area contributed by atoms with Crippen molar-refractivity contribution in [3.05, 3.63) is 29.8 Å². The molecule has 0 radical (unpaired) electrons. The fraction of sp³-hybridized carbons (Fsp3) is 0.600. The second kappa shape index (κ2) is 6.06. The molecule has 0 aliphatic heterocycles. The Bertz CT molecular complexity index is 341. The van der Waals surface area contributed by atoms with Gasteiger partial charge in [-0.25, -0.2) is 0 Å². The van der Waals surface area contributed by atoms with Gasteiger partial charge < -0.3 is 10.1 Å². The van der Waals surface area contributed by atoms with Gasteiger partial charge >= 0.3 is 0 Å². The zero-order valence-electron chi connectivity index (χ0n) is 11.7. The highest BCUT2D eigenvalue weighted by atomic mass is 16.5. The Morgan fingerprint density at radius 2 is 1.88 bits per heavy atom. The molecule has 0 aromatic heterocycles. The molecule has 1 rings (SSSR count). The Balaban J connectivity index is 2.71. The van der Waals surface area contributed by atoms with Crippen molar-refractivity contribution >= 4 is 0 Å². The van der Waals surface area contributed by atoms with Crippen molar-refractivity contribution in [1.29, 1.82) is 0 Å². The van der Waals surface area contributed by atoms with E-state index < -0.39 is 0 Å². The van der Waals surface area contributed by atoms with Crippen LogP contribution in [0.5, 0.6) is 5.75 Å². The van der Waals surface area contributed by atoms with Crippen LogP contribution in [0.15, 0.2) is 24.3 Å². The number of nitrogens with one attached hydrogen (secondary N) is 1. The second-order valence-corrected chi connectivity index (χ2v) is 5.52. The lowest BCUT2D eigenvalue weighted by atomic mass is 9.86. The molecular weight excluding hydrogens is 210 g/mol. The summed E-state index contributed by atoms with van der Waals surface area (Å²) in [5.74, 6) is 1.00. The number of rotatable bonds is 5. The Hall–Kier alpha value is -1.02. The molecule has 1 N–H and O–H groups in total. The Labute approximate surface area is 105 Å². The number of ether oxygens (including phenoxy) is 1. The van der Waals surface area contributed by atoms with Crippen molar-refractivity contribution in [3.8, 4) is 5.75 Å². The summed E-state index contributed by atoms with van der Waals surface area (Å²) < 4.78 is 5.92. The van der Waals surface area contributed by atoms with Gasteiger partial charge in [0.2, 0.25) is 0 Å². The van der Waals surface area contributed by atoms with Crippen LogP contribution in [0.2, 0.25) is 0 Å². The lowest BCUT2D eigenvalue weighted by molar-refractivity contribution is 0.269. The maximum Gasteiger partial charge on any atom is 0.123 e. The average molecular weight is 235 g/mol. The molecule has 0 saturated heterocycles. The van der Waals surface area contributed by atoms with E-state index in [1.807, 2.05) is 6.07 Å². The van der Waals surface area contributed by atoms with Crippen molar-refractivity contribution in [3.63, 3.8) is 0 Å². The zero-order valence-corrected chi connectivity index (χ0v) is 11.7. The highest BCUT2D eigenvalue weighted by Crippen LogP contribution is 2.30. The minimum Gasteiger partial charge on any atom is -0.492 e. The number of hydrogen-bond donors (Lipinski definition) is 1. The third-order valence-corrected chi connectivity index (χ3v) is 2.74. The topological polar surface area (TPSA) is 21.3 Å². The van der Waals surface area contributed by atoms with Gasteiger partial charge in [0.05, 0.1) is 0 Å². The molecule has 1 unspecified atom stereocenters. The van der Waals surface area contributed by atoms with Gasteiger partial charge in [0.15, 0.2) is 0 Å². The molecule has 1 aromatic carbocycles. The monoisotopic (exact) mass is 235 g/mol. The van der Waals surface area contributed by atoms with Gasteiger partial charge in [-0.3, -0.25) is 0 Å². The summed E-state index contributed by atoms with van der Waals surface area (Å²) in [6, 6.07) is 8.68. The van der Waals surface area contributed by atoms with Crippen LogP contribution in [0, 0.1) is 0 Å². The normalized spacial score (nSPS) is 13.5. The summed E-state index contributed by atoms with van der Waals surface area (Å²) >= 11 is 0. The maximum absolute atomic E-state index is 5.92. The van der Waals surface area contributed by atoms with E-state index in [1.165, 1.54) is 5.56 Å². The fourth-order valence-electron chi connectivity index (χ4n) is 1.83. The molecule has 0 saturated carbocycles. The quantitative estimate of drug-likeness (QED) is 0.845. The Morgan fingerprint density at radius 3 is 2.47 bits per heavy atom. The predicted octanol–water partition coefficient (Wildman–Crippen LogP) is 3.36. The molecule has 0 aliphatic rings. The van der Waals surface area contributed by atoms with E-state index in [0.717, 1.165) is 12.3 Å². The average Bonchev–Trinajstić information content (AvgIpc) is 2.26. The first-order chi connectivity index (χ1) is 7.95. The molecular formula is C15H25NO. The maximum atomic E-state index is 5.92. The molecule has 17 heavy (non-hydrogen) atoms. The minimum absolute atomic E-state index is 0.123. The molecule has 0 aliphatic carbocycles. The van der Waals surface area contributed by atoms with E-state index in [0.29, 0.717) is 12.6 Å². The van der Waals surface area contributed by atoms with Crippen molar-refractivity contribution in [2.45, 2.75) is 46.1 Å². The van der Waals surface area contributed by atoms with Gasteiger partial charge in [0, 0.05) is 6.04 Å². The van der Waals surface area contributed by atoms with E-state index >= 15 is 0 Å². The first-order valence-electron chi connectivity index (χ1n) is 6.41. The van der Waals surface area contributed by atoms with Crippen LogP contribution in [0.1, 0.15) is 40.2 Å². The molecule has 0 fully saturated rings. The number of hydrogen-bond acceptors (Lipinski definition) is 2. The van der Waals surface area contributed by atoms with Crippen molar-refractivity contribution < 1.29 is 4.74 Å². The van der Waals surface area contributed by atoms with E-state index in [2.05, 4.69) is 58.1 Å². The minimum atomic E-state index is 0.123. The van der Waals surface area contributed by atoms with E-state index in [1.54, 1.807) is 0 Å². The molecule has 0 spiro atoms. The van der Waals surface area contributed by atoms with Crippen LogP contribution in [0.4, 0.5) is 0 Å². The van der Waals surface area contributed by atoms with Gasteiger partial charge in [0.1, 0.15) is 12.4 Å². The molecule has 0 amide bonds. The van der Waals surface area contributed by atoms with Crippen LogP contribution in [-0.4, -0.2) is 19.2 Å². The van der Waals surface area contributed by atoms with Crippen molar-refractivity contribution in [1.82, 2.24) is 5.32 Å². The van der Waals surface area contributed by atoms with Gasteiger partial charge in [-0.1, -0.05) is 45.9 Å². The van der Waals surface area contributed by atoms with Crippen LogP contribution in [-0.2, 0) is 5.41 Å². The summed E-state index contributed by atoms with van der Waals surface area (Å²) in [4.78, 5) is 0. The molecule has 96 valence electrons. The van der Waals surface area contributed by atoms with Gasteiger partial charge in [0.25, 0.3) is 0 Å². The van der Waals surface area contributed by atoms with Gasteiger partial charge in [-0.15, -0.1) is 0 Å². The van der Waals surface area contributed by atoms with E-state index in [9.17, 15) is 0 Å². The fourth-order valence-corrected chi connectivity index (χ4v) is 1.83. The SMILES string of the molecule is CCNC(C)COc1ccccc1C(C)(C)C. The number of benzene rings is 1. The summed E-state index contributed by atoms with van der Waals surface area (Å²) in [5, 5.41) is 3.35. The van der Waals surface area contributed by atoms with Crippen LogP contribution >= 0.6 is 0 Å². The van der Waals surface area contributed by atoms with Gasteiger partial charge in [-0.2, -0.15) is 0 Å². The summed E-state index contributed by atoms with van der Waals surface area (Å²) in [5.41, 5.74) is 1.39. The molecule has 1 atom stereocenters. The molecule has 0 bridgehead atoms. The van der Waals surface area contributed by atoms with E-state index in [-0.39, 0.29) is 5.41 Å². The first kappa shape index (κ1) is 14.0. The number of para-hydroxylation sites is 1. The molecule has 2 heteroatoms. The van der Waals surface area contributed by atoms with Gasteiger partial charge in [-0.05, 0) is 30.5 Å². The standard InChI is InChI=1S/C15H25NO/c1-6-16-12(2)11-17-14-10-8-7-9-13(14)15(3,4)5/h7-10,12,16H,6,11H2,1-5H3. The van der Waals surface area contributed by atoms with Crippen LogP contribution in [0.25, 0.3) is 0 Å². The summed E-state index contributed by atoms with van der Waals surface area (Å²) in [7, 11) is 0. The molecule has 0 heterocycles. The first-order valence-corrected chi connectivity index (χ1v) is 6.41. The van der Waals surface area contributed by atoms with Crippen molar-refractivity contribution in [2.24, 2.45) is 0 Å². The van der Waals surface area contributed by atoms with Crippen LogP contribution in [0.3, 0.4) is 0 Å². The lowest BCUT2D eigenvalue weighted by Crippen LogP contribution is -2.31.